The van der Waals surface area contributed by atoms with Crippen molar-refractivity contribution in [3.05, 3.63) is 90.0 Å². The summed E-state index contributed by atoms with van der Waals surface area (Å²) in [5.74, 6) is 2.48. The molecular formula is C25H27N2O3+. The number of nitrogens with zero attached hydrogens (tertiary/aromatic N) is 1. The van der Waals surface area contributed by atoms with Crippen molar-refractivity contribution in [2.45, 2.75) is 6.54 Å². The van der Waals surface area contributed by atoms with Crippen LogP contribution in [0.25, 0.3) is 0 Å². The smallest absolute Gasteiger partial charge is 0.254 e. The van der Waals surface area contributed by atoms with E-state index in [4.69, 9.17) is 9.47 Å². The quantitative estimate of drug-likeness (QED) is 0.688. The summed E-state index contributed by atoms with van der Waals surface area (Å²) in [4.78, 5) is 16.2. The predicted molar refractivity (Wildman–Crippen MR) is 116 cm³/mol. The maximum atomic E-state index is 12.8. The number of carbonyl (C=O) groups is 1. The number of para-hydroxylation sites is 1. The Labute approximate surface area is 177 Å². The Hall–Kier alpha value is -3.31. The topological polar surface area (TPSA) is 43.2 Å². The minimum atomic E-state index is 0.0752. The molecule has 1 fully saturated rings. The molecule has 1 heterocycles. The van der Waals surface area contributed by atoms with Crippen LogP contribution in [0.5, 0.6) is 17.2 Å². The molecule has 1 saturated heterocycles. The highest BCUT2D eigenvalue weighted by Crippen LogP contribution is 2.21. The van der Waals surface area contributed by atoms with Crippen molar-refractivity contribution in [2.24, 2.45) is 0 Å². The van der Waals surface area contributed by atoms with Crippen LogP contribution in [-0.2, 0) is 6.54 Å². The van der Waals surface area contributed by atoms with Crippen molar-refractivity contribution < 1.29 is 19.2 Å². The molecule has 4 rings (SSSR count). The number of quaternary nitrogens is 1. The standard InChI is InChI=1S/C25H26N2O3/c1-29-23-11-6-8-21(18-23)25(28)27-15-13-26(14-16-27)19-20-7-5-12-24(17-20)30-22-9-3-2-4-10-22/h2-12,17-18H,13-16,19H2,1H3/p+1. The van der Waals surface area contributed by atoms with E-state index in [0.29, 0.717) is 11.3 Å². The molecule has 0 spiro atoms. The first-order valence-electron chi connectivity index (χ1n) is 10.3. The van der Waals surface area contributed by atoms with E-state index in [-0.39, 0.29) is 5.91 Å². The lowest BCUT2D eigenvalue weighted by Gasteiger charge is -2.32. The van der Waals surface area contributed by atoms with E-state index in [2.05, 4.69) is 12.1 Å². The van der Waals surface area contributed by atoms with E-state index in [1.165, 1.54) is 10.5 Å². The van der Waals surface area contributed by atoms with Crippen LogP contribution in [0.2, 0.25) is 0 Å². The van der Waals surface area contributed by atoms with Crippen LogP contribution in [0.4, 0.5) is 0 Å². The van der Waals surface area contributed by atoms with Crippen molar-refractivity contribution in [1.82, 2.24) is 4.90 Å². The molecule has 3 aromatic carbocycles. The summed E-state index contributed by atoms with van der Waals surface area (Å²) in [5.41, 5.74) is 1.93. The second-order valence-corrected chi connectivity index (χ2v) is 7.51. The fourth-order valence-electron chi connectivity index (χ4n) is 3.77. The Morgan fingerprint density at radius 3 is 2.33 bits per heavy atom. The van der Waals surface area contributed by atoms with E-state index in [1.807, 2.05) is 65.6 Å². The molecule has 3 aromatic rings. The van der Waals surface area contributed by atoms with Crippen LogP contribution in [0, 0.1) is 0 Å². The minimum Gasteiger partial charge on any atom is -0.497 e. The van der Waals surface area contributed by atoms with Crippen molar-refractivity contribution in [1.29, 1.82) is 0 Å². The van der Waals surface area contributed by atoms with E-state index < -0.39 is 0 Å². The highest BCUT2D eigenvalue weighted by Gasteiger charge is 2.25. The molecule has 0 aromatic heterocycles. The van der Waals surface area contributed by atoms with Gasteiger partial charge in [0.2, 0.25) is 0 Å². The van der Waals surface area contributed by atoms with Crippen molar-refractivity contribution in [2.75, 3.05) is 33.3 Å². The van der Waals surface area contributed by atoms with E-state index >= 15 is 0 Å². The Bertz CT molecular complexity index is 982. The number of piperazine rings is 1. The number of hydrogen-bond acceptors (Lipinski definition) is 3. The number of hydrogen-bond donors (Lipinski definition) is 1. The third-order valence-corrected chi connectivity index (χ3v) is 5.41. The second kappa shape index (κ2) is 9.46. The first-order valence-corrected chi connectivity index (χ1v) is 10.3. The molecule has 1 N–H and O–H groups in total. The number of methoxy groups -OCH3 is 1. The van der Waals surface area contributed by atoms with Crippen LogP contribution >= 0.6 is 0 Å². The van der Waals surface area contributed by atoms with E-state index in [0.717, 1.165) is 44.2 Å². The summed E-state index contributed by atoms with van der Waals surface area (Å²) >= 11 is 0. The van der Waals surface area contributed by atoms with E-state index in [9.17, 15) is 4.79 Å². The molecule has 5 nitrogen and oxygen atoms in total. The van der Waals surface area contributed by atoms with Gasteiger partial charge in [-0.15, -0.1) is 0 Å². The van der Waals surface area contributed by atoms with Gasteiger partial charge < -0.3 is 19.3 Å². The average molecular weight is 404 g/mol. The predicted octanol–water partition coefficient (Wildman–Crippen LogP) is 3.03. The first-order chi connectivity index (χ1) is 14.7. The molecule has 154 valence electrons. The molecule has 0 saturated carbocycles. The zero-order chi connectivity index (χ0) is 20.8. The summed E-state index contributed by atoms with van der Waals surface area (Å²) in [6.45, 7) is 4.29. The van der Waals surface area contributed by atoms with Crippen LogP contribution in [0.1, 0.15) is 15.9 Å². The highest BCUT2D eigenvalue weighted by molar-refractivity contribution is 5.94. The molecule has 1 aliphatic heterocycles. The van der Waals surface area contributed by atoms with Crippen LogP contribution in [0.15, 0.2) is 78.9 Å². The van der Waals surface area contributed by atoms with Gasteiger partial charge in [0.05, 0.1) is 33.3 Å². The fourth-order valence-corrected chi connectivity index (χ4v) is 3.77. The zero-order valence-electron chi connectivity index (χ0n) is 17.2. The van der Waals surface area contributed by atoms with Gasteiger partial charge in [-0.2, -0.15) is 0 Å². The van der Waals surface area contributed by atoms with Crippen molar-refractivity contribution >= 4 is 5.91 Å². The van der Waals surface area contributed by atoms with Gasteiger partial charge in [-0.1, -0.05) is 36.4 Å². The number of rotatable bonds is 6. The normalized spacial score (nSPS) is 14.4. The molecule has 1 amide bonds. The molecule has 5 heteroatoms. The number of amides is 1. The van der Waals surface area contributed by atoms with Gasteiger partial charge in [0.1, 0.15) is 23.8 Å². The number of nitrogens with one attached hydrogen (secondary N) is 1. The highest BCUT2D eigenvalue weighted by atomic mass is 16.5. The Kier molecular flexibility index (Phi) is 6.30. The average Bonchev–Trinajstić information content (AvgIpc) is 2.80. The van der Waals surface area contributed by atoms with Crippen LogP contribution in [0.3, 0.4) is 0 Å². The fraction of sp³-hybridized carbons (Fsp3) is 0.240. The van der Waals surface area contributed by atoms with Gasteiger partial charge in [-0.25, -0.2) is 0 Å². The summed E-state index contributed by atoms with van der Waals surface area (Å²) in [7, 11) is 1.62. The SMILES string of the molecule is COc1cccc(C(=O)N2CC[NH+](Cc3cccc(Oc4ccccc4)c3)CC2)c1. The maximum Gasteiger partial charge on any atom is 0.254 e. The molecule has 30 heavy (non-hydrogen) atoms. The largest absolute Gasteiger partial charge is 0.497 e. The van der Waals surface area contributed by atoms with Crippen molar-refractivity contribution in [3.8, 4) is 17.2 Å². The molecule has 0 bridgehead atoms. The lowest BCUT2D eigenvalue weighted by molar-refractivity contribution is -0.917. The van der Waals surface area contributed by atoms with Gasteiger partial charge in [0, 0.05) is 11.1 Å². The van der Waals surface area contributed by atoms with Gasteiger partial charge in [0.15, 0.2) is 0 Å². The van der Waals surface area contributed by atoms with Crippen LogP contribution in [-0.4, -0.2) is 44.1 Å². The molecule has 0 atom stereocenters. The van der Waals surface area contributed by atoms with Gasteiger partial charge in [-0.3, -0.25) is 4.79 Å². The molecule has 0 radical (unpaired) electrons. The first kappa shape index (κ1) is 20.0. The summed E-state index contributed by atoms with van der Waals surface area (Å²) in [5, 5.41) is 0. The Morgan fingerprint density at radius 2 is 1.57 bits per heavy atom. The number of benzene rings is 3. The number of ether oxygens (including phenoxy) is 2. The summed E-state index contributed by atoms with van der Waals surface area (Å²) < 4.78 is 11.2. The monoisotopic (exact) mass is 403 g/mol. The van der Waals surface area contributed by atoms with Crippen molar-refractivity contribution in [3.63, 3.8) is 0 Å². The minimum absolute atomic E-state index is 0.0752. The number of carbonyl (C=O) groups excluding carboxylic acids is 1. The lowest BCUT2D eigenvalue weighted by Crippen LogP contribution is -3.13. The summed E-state index contributed by atoms with van der Waals surface area (Å²) in [6.07, 6.45) is 0. The van der Waals surface area contributed by atoms with Crippen LogP contribution < -0.4 is 14.4 Å². The van der Waals surface area contributed by atoms with Gasteiger partial charge in [-0.05, 0) is 42.5 Å². The van der Waals surface area contributed by atoms with E-state index in [1.54, 1.807) is 13.2 Å². The molecule has 1 aliphatic rings. The Morgan fingerprint density at radius 1 is 0.867 bits per heavy atom. The third kappa shape index (κ3) is 4.99. The molecule has 0 unspecified atom stereocenters. The third-order valence-electron chi connectivity index (χ3n) is 5.41. The maximum absolute atomic E-state index is 12.8. The van der Waals surface area contributed by atoms with Gasteiger partial charge >= 0.3 is 0 Å². The second-order valence-electron chi connectivity index (χ2n) is 7.51. The Balaban J connectivity index is 1.32. The zero-order valence-corrected chi connectivity index (χ0v) is 17.2. The summed E-state index contributed by atoms with van der Waals surface area (Å²) in [6, 6.07) is 25.5. The lowest BCUT2D eigenvalue weighted by atomic mass is 10.1. The molecular weight excluding hydrogens is 376 g/mol. The molecule has 0 aliphatic carbocycles. The van der Waals surface area contributed by atoms with Gasteiger partial charge in [0.25, 0.3) is 5.91 Å².